The molecule has 1 aliphatic heterocycles. The van der Waals surface area contributed by atoms with Crippen LogP contribution in [-0.4, -0.2) is 44.4 Å². The molecule has 2 aromatic heterocycles. The van der Waals surface area contributed by atoms with Gasteiger partial charge in [-0.1, -0.05) is 0 Å². The Bertz CT molecular complexity index is 536. The van der Waals surface area contributed by atoms with Gasteiger partial charge in [-0.05, 0) is 25.3 Å². The summed E-state index contributed by atoms with van der Waals surface area (Å²) >= 11 is 0. The highest BCUT2D eigenvalue weighted by Crippen LogP contribution is 2.21. The number of piperidine rings is 1. The fraction of sp³-hybridized carbons (Fsp3) is 0.583. The maximum atomic E-state index is 5.71. The quantitative estimate of drug-likeness (QED) is 0.834. The highest BCUT2D eigenvalue weighted by Gasteiger charge is 2.21. The molecule has 1 aliphatic rings. The zero-order valence-electron chi connectivity index (χ0n) is 11.1. The zero-order valence-corrected chi connectivity index (χ0v) is 11.1. The standard InChI is InChI=1S/C12H19N7/c1-18-8-14-7-10(18)11-15-12(17-16-11)19-4-2-9(6-13)3-5-19/h7-9H,2-6,13H2,1H3,(H,15,16,17). The summed E-state index contributed by atoms with van der Waals surface area (Å²) in [5.74, 6) is 2.18. The predicted molar refractivity (Wildman–Crippen MR) is 72.6 cm³/mol. The van der Waals surface area contributed by atoms with E-state index < -0.39 is 0 Å². The van der Waals surface area contributed by atoms with Crippen molar-refractivity contribution in [2.24, 2.45) is 18.7 Å². The van der Waals surface area contributed by atoms with Crippen molar-refractivity contribution in [3.05, 3.63) is 12.5 Å². The van der Waals surface area contributed by atoms with Crippen LogP contribution in [0.15, 0.2) is 12.5 Å². The molecule has 7 nitrogen and oxygen atoms in total. The van der Waals surface area contributed by atoms with Crippen molar-refractivity contribution in [1.82, 2.24) is 24.7 Å². The molecule has 3 N–H and O–H groups in total. The fourth-order valence-corrected chi connectivity index (χ4v) is 2.46. The topological polar surface area (TPSA) is 88.7 Å². The molecular formula is C12H19N7. The van der Waals surface area contributed by atoms with Gasteiger partial charge in [0.1, 0.15) is 5.69 Å². The average molecular weight is 261 g/mol. The Balaban J connectivity index is 1.74. The monoisotopic (exact) mass is 261 g/mol. The normalized spacial score (nSPS) is 17.1. The lowest BCUT2D eigenvalue weighted by molar-refractivity contribution is 0.411. The van der Waals surface area contributed by atoms with Gasteiger partial charge >= 0.3 is 0 Å². The van der Waals surface area contributed by atoms with E-state index in [9.17, 15) is 0 Å². The number of imidazole rings is 1. The maximum absolute atomic E-state index is 5.71. The molecule has 3 heterocycles. The molecular weight excluding hydrogens is 242 g/mol. The number of H-pyrrole nitrogens is 1. The molecule has 0 aromatic carbocycles. The predicted octanol–water partition coefficient (Wildman–Crippen LogP) is 0.380. The molecule has 0 amide bonds. The molecule has 0 atom stereocenters. The minimum atomic E-state index is 0.645. The van der Waals surface area contributed by atoms with Crippen LogP contribution < -0.4 is 10.6 Å². The number of nitrogens with zero attached hydrogens (tertiary/aromatic N) is 5. The Morgan fingerprint density at radius 3 is 2.84 bits per heavy atom. The van der Waals surface area contributed by atoms with Crippen LogP contribution in [0.3, 0.4) is 0 Å². The molecule has 0 unspecified atom stereocenters. The van der Waals surface area contributed by atoms with Crippen molar-refractivity contribution >= 4 is 5.95 Å². The van der Waals surface area contributed by atoms with Crippen molar-refractivity contribution in [1.29, 1.82) is 0 Å². The van der Waals surface area contributed by atoms with Gasteiger partial charge in [-0.3, -0.25) is 5.10 Å². The minimum Gasteiger partial charge on any atom is -0.340 e. The third kappa shape index (κ3) is 2.33. The second-order valence-electron chi connectivity index (χ2n) is 5.04. The molecule has 0 radical (unpaired) electrons. The summed E-state index contributed by atoms with van der Waals surface area (Å²) in [6, 6.07) is 0. The molecule has 0 bridgehead atoms. The van der Waals surface area contributed by atoms with Crippen LogP contribution in [-0.2, 0) is 7.05 Å². The number of anilines is 1. The SMILES string of the molecule is Cn1cncc1-c1nc(N2CCC(CN)CC2)n[nH]1. The zero-order chi connectivity index (χ0) is 13.2. The first kappa shape index (κ1) is 12.2. The number of hydrogen-bond donors (Lipinski definition) is 2. The van der Waals surface area contributed by atoms with E-state index in [1.54, 1.807) is 12.5 Å². The van der Waals surface area contributed by atoms with E-state index in [2.05, 4.69) is 25.1 Å². The van der Waals surface area contributed by atoms with Crippen LogP contribution >= 0.6 is 0 Å². The number of nitrogens with one attached hydrogen (secondary N) is 1. The van der Waals surface area contributed by atoms with E-state index in [-0.39, 0.29) is 0 Å². The van der Waals surface area contributed by atoms with Crippen LogP contribution in [0.4, 0.5) is 5.95 Å². The number of aromatic nitrogens is 5. The molecule has 0 saturated carbocycles. The molecule has 3 rings (SSSR count). The molecule has 1 fully saturated rings. The summed E-state index contributed by atoms with van der Waals surface area (Å²) < 4.78 is 1.92. The van der Waals surface area contributed by atoms with Crippen molar-refractivity contribution < 1.29 is 0 Å². The number of nitrogens with two attached hydrogens (primary N) is 1. The first-order valence-corrected chi connectivity index (χ1v) is 6.62. The van der Waals surface area contributed by atoms with Crippen molar-refractivity contribution in [2.75, 3.05) is 24.5 Å². The first-order chi connectivity index (χ1) is 9.28. The van der Waals surface area contributed by atoms with Gasteiger partial charge < -0.3 is 15.2 Å². The Morgan fingerprint density at radius 2 is 2.21 bits per heavy atom. The Labute approximate surface area is 111 Å². The summed E-state index contributed by atoms with van der Waals surface area (Å²) in [5, 5.41) is 7.29. The molecule has 2 aromatic rings. The lowest BCUT2D eigenvalue weighted by Crippen LogP contribution is -2.36. The van der Waals surface area contributed by atoms with Crippen molar-refractivity contribution in [3.63, 3.8) is 0 Å². The molecule has 1 saturated heterocycles. The third-order valence-electron chi connectivity index (χ3n) is 3.76. The number of rotatable bonds is 3. The van der Waals surface area contributed by atoms with Crippen LogP contribution in [0, 0.1) is 5.92 Å². The molecule has 102 valence electrons. The van der Waals surface area contributed by atoms with E-state index >= 15 is 0 Å². The largest absolute Gasteiger partial charge is 0.340 e. The van der Waals surface area contributed by atoms with Crippen LogP contribution in [0.2, 0.25) is 0 Å². The Kier molecular flexibility index (Phi) is 3.20. The minimum absolute atomic E-state index is 0.645. The number of aryl methyl sites for hydroxylation is 1. The smallest absolute Gasteiger partial charge is 0.245 e. The van der Waals surface area contributed by atoms with Crippen LogP contribution in [0.5, 0.6) is 0 Å². The molecule has 0 aliphatic carbocycles. The van der Waals surface area contributed by atoms with Crippen molar-refractivity contribution in [2.45, 2.75) is 12.8 Å². The number of aromatic amines is 1. The molecule has 19 heavy (non-hydrogen) atoms. The highest BCUT2D eigenvalue weighted by molar-refractivity contribution is 5.50. The second kappa shape index (κ2) is 5.00. The third-order valence-corrected chi connectivity index (χ3v) is 3.76. The highest BCUT2D eigenvalue weighted by atomic mass is 15.4. The number of hydrogen-bond acceptors (Lipinski definition) is 5. The summed E-state index contributed by atoms with van der Waals surface area (Å²) in [6.45, 7) is 2.73. The van der Waals surface area contributed by atoms with Gasteiger partial charge in [-0.15, -0.1) is 5.10 Å². The Morgan fingerprint density at radius 1 is 1.42 bits per heavy atom. The van der Waals surface area contributed by atoms with Gasteiger partial charge in [0, 0.05) is 20.1 Å². The summed E-state index contributed by atoms with van der Waals surface area (Å²) in [5.41, 5.74) is 6.65. The summed E-state index contributed by atoms with van der Waals surface area (Å²) in [7, 11) is 1.94. The van der Waals surface area contributed by atoms with Gasteiger partial charge in [0.15, 0.2) is 5.82 Å². The van der Waals surface area contributed by atoms with Gasteiger partial charge in [0.05, 0.1) is 12.5 Å². The fourth-order valence-electron chi connectivity index (χ4n) is 2.46. The lowest BCUT2D eigenvalue weighted by atomic mass is 9.97. The summed E-state index contributed by atoms with van der Waals surface area (Å²) in [4.78, 5) is 10.9. The van der Waals surface area contributed by atoms with Crippen LogP contribution in [0.1, 0.15) is 12.8 Å². The van der Waals surface area contributed by atoms with E-state index in [4.69, 9.17) is 5.73 Å². The summed E-state index contributed by atoms with van der Waals surface area (Å²) in [6.07, 6.45) is 5.77. The first-order valence-electron chi connectivity index (χ1n) is 6.62. The van der Waals surface area contributed by atoms with Crippen LogP contribution in [0.25, 0.3) is 11.5 Å². The maximum Gasteiger partial charge on any atom is 0.245 e. The van der Waals surface area contributed by atoms with E-state index in [1.165, 1.54) is 0 Å². The lowest BCUT2D eigenvalue weighted by Gasteiger charge is -2.30. The van der Waals surface area contributed by atoms with Gasteiger partial charge in [0.2, 0.25) is 5.95 Å². The van der Waals surface area contributed by atoms with E-state index in [0.717, 1.165) is 49.9 Å². The molecule has 7 heteroatoms. The van der Waals surface area contributed by atoms with E-state index in [0.29, 0.717) is 5.92 Å². The molecule has 0 spiro atoms. The average Bonchev–Trinajstić information content (AvgIpc) is 3.07. The van der Waals surface area contributed by atoms with Gasteiger partial charge in [-0.25, -0.2) is 4.98 Å². The van der Waals surface area contributed by atoms with Gasteiger partial charge in [-0.2, -0.15) is 4.98 Å². The van der Waals surface area contributed by atoms with Crippen molar-refractivity contribution in [3.8, 4) is 11.5 Å². The second-order valence-corrected chi connectivity index (χ2v) is 5.04. The van der Waals surface area contributed by atoms with E-state index in [1.807, 2.05) is 11.6 Å². The van der Waals surface area contributed by atoms with Gasteiger partial charge in [0.25, 0.3) is 0 Å². The Hall–Kier alpha value is -1.89.